The van der Waals surface area contributed by atoms with Crippen molar-refractivity contribution in [1.29, 1.82) is 0 Å². The fourth-order valence-electron chi connectivity index (χ4n) is 9.38. The molecule has 0 bridgehead atoms. The number of aromatic amines is 2. The lowest BCUT2D eigenvalue weighted by atomic mass is 10.0. The van der Waals surface area contributed by atoms with Gasteiger partial charge in [0, 0.05) is 25.3 Å². The van der Waals surface area contributed by atoms with Crippen molar-refractivity contribution in [2.45, 2.75) is 89.6 Å². The van der Waals surface area contributed by atoms with Crippen LogP contribution in [0.25, 0.3) is 44.6 Å². The van der Waals surface area contributed by atoms with Crippen molar-refractivity contribution in [3.8, 4) is 22.5 Å². The van der Waals surface area contributed by atoms with E-state index in [-0.39, 0.29) is 47.8 Å². The second kappa shape index (κ2) is 14.1. The average molecular weight is 789 g/mol. The summed E-state index contributed by atoms with van der Waals surface area (Å²) in [5.41, 5.74) is 6.21. The van der Waals surface area contributed by atoms with Crippen LogP contribution >= 0.6 is 0 Å². The van der Waals surface area contributed by atoms with Gasteiger partial charge in [-0.3, -0.25) is 19.5 Å². The third-order valence-electron chi connectivity index (χ3n) is 12.6. The van der Waals surface area contributed by atoms with Crippen LogP contribution in [0.2, 0.25) is 0 Å². The zero-order chi connectivity index (χ0) is 40.7. The monoisotopic (exact) mass is 788 g/mol. The number of methoxy groups -OCH3 is 1. The molecule has 16 nitrogen and oxygen atoms in total. The quantitative estimate of drug-likeness (QED) is 0.132. The van der Waals surface area contributed by atoms with Gasteiger partial charge in [-0.05, 0) is 84.7 Å². The van der Waals surface area contributed by atoms with Crippen LogP contribution in [0.4, 0.5) is 9.59 Å². The number of ether oxygens (including phenoxy) is 1. The summed E-state index contributed by atoms with van der Waals surface area (Å²) < 4.78 is 4.80. The number of likely N-dealkylation sites (N-methyl/N-ethyl adjacent to an activating group) is 1. The summed E-state index contributed by atoms with van der Waals surface area (Å²) in [5.74, 6) is 1.60. The minimum Gasteiger partial charge on any atom is -0.465 e. The van der Waals surface area contributed by atoms with Crippen LogP contribution in [0, 0.1) is 23.7 Å². The van der Waals surface area contributed by atoms with Crippen molar-refractivity contribution >= 4 is 46.1 Å². The topological polar surface area (TPSA) is 203 Å². The second-order valence-electron chi connectivity index (χ2n) is 17.0. The number of rotatable bonds is 10. The van der Waals surface area contributed by atoms with E-state index in [1.165, 1.54) is 14.2 Å². The van der Waals surface area contributed by atoms with E-state index < -0.39 is 24.3 Å². The maximum absolute atomic E-state index is 13.9. The Morgan fingerprint density at radius 2 is 1.47 bits per heavy atom. The first-order chi connectivity index (χ1) is 27.8. The highest BCUT2D eigenvalue weighted by Gasteiger charge is 2.57. The van der Waals surface area contributed by atoms with Gasteiger partial charge >= 0.3 is 12.2 Å². The first kappa shape index (κ1) is 37.5. The molecular formula is C42H48N10O6. The van der Waals surface area contributed by atoms with Gasteiger partial charge in [-0.25, -0.2) is 24.5 Å². The first-order valence-electron chi connectivity index (χ1n) is 20.1. The molecule has 4 N–H and O–H groups in total. The van der Waals surface area contributed by atoms with Gasteiger partial charge in [-0.1, -0.05) is 39.8 Å². The SMILES string of the molecule is COC(=O)N[C@H](C(=O)N1[C@@H]2C[C@@H]2C[C@H]1c1nc2cc(-c3ccc4nc(-c5c[nH]c([C@@H]6C[C@H]7C[C@H]7N6C(=O)[C@H](C(C)C)N(C)C(=O)O)n5)cnc4c3)ccc2[nH]1)C(C)C. The Morgan fingerprint density at radius 3 is 2.12 bits per heavy atom. The van der Waals surface area contributed by atoms with Gasteiger partial charge in [0.25, 0.3) is 0 Å². The van der Waals surface area contributed by atoms with Crippen LogP contribution in [0.5, 0.6) is 0 Å². The highest BCUT2D eigenvalue weighted by atomic mass is 16.5. The number of likely N-dealkylation sites (tertiary alicyclic amines) is 2. The molecule has 0 radical (unpaired) electrons. The minimum absolute atomic E-state index is 0.0969. The highest BCUT2D eigenvalue weighted by molar-refractivity contribution is 5.89. The van der Waals surface area contributed by atoms with E-state index in [1.54, 1.807) is 12.4 Å². The number of carbonyl (C=O) groups excluding carboxylic acids is 3. The molecule has 2 aliphatic heterocycles. The zero-order valence-electron chi connectivity index (χ0n) is 33.3. The van der Waals surface area contributed by atoms with Crippen LogP contribution in [-0.2, 0) is 14.3 Å². The van der Waals surface area contributed by atoms with E-state index in [1.807, 2.05) is 73.9 Å². The molecule has 4 aliphatic rings. The molecule has 16 heteroatoms. The molecule has 5 aromatic rings. The summed E-state index contributed by atoms with van der Waals surface area (Å²) in [6.45, 7) is 7.56. The number of imidazole rings is 2. The van der Waals surface area contributed by atoms with Gasteiger partial charge in [0.2, 0.25) is 11.8 Å². The van der Waals surface area contributed by atoms with Crippen LogP contribution < -0.4 is 5.32 Å². The molecule has 2 aromatic carbocycles. The number of benzene rings is 2. The molecule has 2 saturated carbocycles. The van der Waals surface area contributed by atoms with Crippen LogP contribution in [0.1, 0.15) is 77.1 Å². The lowest BCUT2D eigenvalue weighted by Crippen LogP contribution is -2.52. The van der Waals surface area contributed by atoms with E-state index in [4.69, 9.17) is 24.7 Å². The van der Waals surface area contributed by atoms with E-state index in [2.05, 4.69) is 15.3 Å². The highest BCUT2D eigenvalue weighted by Crippen LogP contribution is 2.54. The average Bonchev–Trinajstić information content (AvgIpc) is 3.83. The van der Waals surface area contributed by atoms with Gasteiger partial charge < -0.3 is 34.9 Å². The molecule has 0 unspecified atom stereocenters. The molecule has 0 spiro atoms. The second-order valence-corrected chi connectivity index (χ2v) is 17.0. The standard InChI is InChI=1S/C42H48N10O6/c1-19(2)35(49-41(55)58-6)39(53)51-31-13-24(31)16-34(51)38-46-26-10-8-22(12-28(26)47-38)21-7-9-25-27(11-21)43-17-29(45-25)30-18-44-37(48-30)33-15-23-14-32(23)52(33)40(54)36(20(3)4)50(5)42(56)57/h7-12,17-20,23-24,31-36H,13-16H2,1-6H3,(H,44,48)(H,46,47)(H,49,55)(H,56,57)/t23-,24-,31-,32-,33+,34+,35+,36+/m1/s1. The number of carbonyl (C=O) groups is 4. The van der Waals surface area contributed by atoms with Crippen molar-refractivity contribution in [1.82, 2.24) is 49.9 Å². The number of nitrogens with one attached hydrogen (secondary N) is 3. The Hall–Kier alpha value is -6.06. The maximum Gasteiger partial charge on any atom is 0.407 e. The largest absolute Gasteiger partial charge is 0.465 e. The number of fused-ring (bicyclic) bond motifs is 4. The maximum atomic E-state index is 13.9. The summed E-state index contributed by atoms with van der Waals surface area (Å²) >= 11 is 0. The number of amides is 4. The molecule has 4 amide bonds. The first-order valence-corrected chi connectivity index (χ1v) is 20.1. The third kappa shape index (κ3) is 6.47. The predicted molar refractivity (Wildman–Crippen MR) is 213 cm³/mol. The fraction of sp³-hybridized carbons (Fsp3) is 0.476. The number of hydrogen-bond acceptors (Lipinski definition) is 9. The van der Waals surface area contributed by atoms with E-state index in [0.717, 1.165) is 58.6 Å². The molecule has 9 rings (SSSR count). The van der Waals surface area contributed by atoms with E-state index in [9.17, 15) is 24.3 Å². The number of nitrogens with zero attached hydrogens (tertiary/aromatic N) is 7. The van der Waals surface area contributed by atoms with Crippen molar-refractivity contribution in [2.75, 3.05) is 14.2 Å². The lowest BCUT2D eigenvalue weighted by Gasteiger charge is -2.35. The molecule has 2 aliphatic carbocycles. The number of alkyl carbamates (subject to hydrolysis) is 1. The van der Waals surface area contributed by atoms with Crippen molar-refractivity contribution < 1.29 is 29.0 Å². The normalized spacial score (nSPS) is 24.2. The summed E-state index contributed by atoms with van der Waals surface area (Å²) in [7, 11) is 2.75. The summed E-state index contributed by atoms with van der Waals surface area (Å²) in [5, 5.41) is 12.4. The minimum atomic E-state index is -1.13. The van der Waals surface area contributed by atoms with Crippen LogP contribution in [-0.4, -0.2) is 112 Å². The van der Waals surface area contributed by atoms with Crippen LogP contribution in [0.3, 0.4) is 0 Å². The number of hydrogen-bond donors (Lipinski definition) is 4. The predicted octanol–water partition coefficient (Wildman–Crippen LogP) is 5.90. The van der Waals surface area contributed by atoms with E-state index >= 15 is 0 Å². The zero-order valence-corrected chi connectivity index (χ0v) is 33.3. The Balaban J connectivity index is 0.928. The molecular weight excluding hydrogens is 741 g/mol. The van der Waals surface area contributed by atoms with Gasteiger partial charge in [0.15, 0.2) is 0 Å². The van der Waals surface area contributed by atoms with Crippen molar-refractivity contribution in [2.24, 2.45) is 23.7 Å². The van der Waals surface area contributed by atoms with Gasteiger partial charge in [0.1, 0.15) is 35.1 Å². The number of piperidine rings is 2. The molecule has 3 aromatic heterocycles. The Kier molecular flexibility index (Phi) is 9.12. The number of H-pyrrole nitrogens is 2. The third-order valence-corrected chi connectivity index (χ3v) is 12.6. The van der Waals surface area contributed by atoms with Crippen LogP contribution in [0.15, 0.2) is 48.8 Å². The molecule has 5 heterocycles. The molecule has 58 heavy (non-hydrogen) atoms. The van der Waals surface area contributed by atoms with Gasteiger partial charge in [-0.2, -0.15) is 0 Å². The number of carboxylic acid groups (broad SMARTS) is 1. The summed E-state index contributed by atoms with van der Waals surface area (Å²) in [6, 6.07) is 10.3. The Labute approximate surface area is 334 Å². The van der Waals surface area contributed by atoms with E-state index in [0.29, 0.717) is 40.1 Å². The molecule has 2 saturated heterocycles. The smallest absolute Gasteiger partial charge is 0.407 e. The molecule has 4 fully saturated rings. The lowest BCUT2D eigenvalue weighted by molar-refractivity contribution is -0.140. The molecule has 8 atom stereocenters. The van der Waals surface area contributed by atoms with Gasteiger partial charge in [-0.15, -0.1) is 0 Å². The van der Waals surface area contributed by atoms with Crippen molar-refractivity contribution in [3.63, 3.8) is 0 Å². The van der Waals surface area contributed by atoms with Gasteiger partial charge in [0.05, 0.1) is 47.5 Å². The molecule has 302 valence electrons. The van der Waals surface area contributed by atoms with Crippen molar-refractivity contribution in [3.05, 3.63) is 60.4 Å². The summed E-state index contributed by atoms with van der Waals surface area (Å²) in [4.78, 5) is 82.8. The number of aromatic nitrogens is 6. The summed E-state index contributed by atoms with van der Waals surface area (Å²) in [6.07, 6.45) is 5.21. The fourth-order valence-corrected chi connectivity index (χ4v) is 9.38. The Morgan fingerprint density at radius 1 is 0.810 bits per heavy atom. The Bertz CT molecular complexity index is 2460.